The predicted octanol–water partition coefficient (Wildman–Crippen LogP) is 6.37. The number of hydrogen-bond donors (Lipinski definition) is 2. The van der Waals surface area contributed by atoms with Gasteiger partial charge in [-0.2, -0.15) is 0 Å². The van der Waals surface area contributed by atoms with Crippen LogP contribution in [-0.2, 0) is 9.59 Å². The van der Waals surface area contributed by atoms with Gasteiger partial charge >= 0.3 is 0 Å². The zero-order chi connectivity index (χ0) is 32.1. The topological polar surface area (TPSA) is 102 Å². The number of amidine groups is 1. The second-order valence-corrected chi connectivity index (χ2v) is 12.0. The molecule has 0 bridgehead atoms. The van der Waals surface area contributed by atoms with Crippen molar-refractivity contribution in [3.63, 3.8) is 0 Å². The van der Waals surface area contributed by atoms with Crippen LogP contribution >= 0.6 is 23.2 Å². The van der Waals surface area contributed by atoms with Crippen molar-refractivity contribution < 1.29 is 14.3 Å². The van der Waals surface area contributed by atoms with Gasteiger partial charge in [0.2, 0.25) is 12.8 Å². The molecule has 1 aromatic heterocycles. The zero-order valence-corrected chi connectivity index (χ0v) is 27.7. The van der Waals surface area contributed by atoms with Crippen molar-refractivity contribution in [1.82, 2.24) is 14.8 Å². The molecule has 0 aliphatic carbocycles. The van der Waals surface area contributed by atoms with Crippen LogP contribution in [0.25, 0.3) is 0 Å². The summed E-state index contributed by atoms with van der Waals surface area (Å²) in [5.74, 6) is 1.33. The third-order valence-electron chi connectivity index (χ3n) is 7.72. The highest BCUT2D eigenvalue weighted by atomic mass is 35.5. The van der Waals surface area contributed by atoms with Crippen LogP contribution in [-0.4, -0.2) is 80.8 Å². The minimum atomic E-state index is 0.0710. The van der Waals surface area contributed by atoms with E-state index in [1.54, 1.807) is 19.3 Å². The lowest BCUT2D eigenvalue weighted by Crippen LogP contribution is -2.44. The maximum atomic E-state index is 12.0. The molecule has 0 atom stereocenters. The molecule has 4 rings (SSSR count). The normalized spacial score (nSPS) is 14.0. The van der Waals surface area contributed by atoms with Gasteiger partial charge in [0, 0.05) is 38.9 Å². The van der Waals surface area contributed by atoms with E-state index >= 15 is 0 Å². The van der Waals surface area contributed by atoms with Crippen molar-refractivity contribution in [2.75, 3.05) is 62.9 Å². The van der Waals surface area contributed by atoms with Gasteiger partial charge in [0.15, 0.2) is 0 Å². The minimum Gasteiger partial charge on any atom is -0.495 e. The van der Waals surface area contributed by atoms with Crippen LogP contribution < -0.4 is 20.3 Å². The van der Waals surface area contributed by atoms with E-state index in [0.29, 0.717) is 46.3 Å². The molecule has 0 radical (unpaired) electrons. The van der Waals surface area contributed by atoms with Gasteiger partial charge in [-0.25, -0.2) is 9.98 Å². The fourth-order valence-electron chi connectivity index (χ4n) is 5.09. The quantitative estimate of drug-likeness (QED) is 0.151. The molecule has 1 saturated heterocycles. The van der Waals surface area contributed by atoms with Crippen LogP contribution in [0.15, 0.2) is 35.5 Å². The van der Waals surface area contributed by atoms with Gasteiger partial charge < -0.3 is 30.1 Å². The van der Waals surface area contributed by atoms with Crippen molar-refractivity contribution in [2.24, 2.45) is 4.99 Å². The number of anilines is 4. The highest BCUT2D eigenvalue weighted by molar-refractivity contribution is 6.41. The predicted molar refractivity (Wildman–Crippen MR) is 180 cm³/mol. The number of carbonyl (C=O) groups excluding carboxylic acids is 2. The fourth-order valence-corrected chi connectivity index (χ4v) is 5.90. The first-order chi connectivity index (χ1) is 21.0. The number of amides is 2. The van der Waals surface area contributed by atoms with E-state index in [4.69, 9.17) is 32.9 Å². The first kappa shape index (κ1) is 33.0. The number of pyridine rings is 1. The molecule has 2 heterocycles. The zero-order valence-electron chi connectivity index (χ0n) is 26.2. The number of piperazine rings is 1. The number of nitrogens with zero attached hydrogens (tertiary/aromatic N) is 5. The summed E-state index contributed by atoms with van der Waals surface area (Å²) in [5.41, 5.74) is 5.95. The molecule has 2 aromatic carbocycles. The van der Waals surface area contributed by atoms with Crippen molar-refractivity contribution >= 4 is 70.4 Å². The summed E-state index contributed by atoms with van der Waals surface area (Å²) < 4.78 is 5.52. The maximum absolute atomic E-state index is 12.0. The number of rotatable bonds is 10. The Kier molecular flexibility index (Phi) is 10.7. The number of aryl methyl sites for hydroxylation is 2. The number of benzene rings is 2. The summed E-state index contributed by atoms with van der Waals surface area (Å²) in [4.78, 5) is 38.8. The number of nitrogens with one attached hydrogen (secondary N) is 2. The Morgan fingerprint density at radius 2 is 1.77 bits per heavy atom. The number of likely N-dealkylation sites (N-methyl/N-ethyl adjacent to an activating group) is 1. The molecule has 0 saturated carbocycles. The Morgan fingerprint density at radius 3 is 2.36 bits per heavy atom. The molecule has 234 valence electrons. The highest BCUT2D eigenvalue weighted by Crippen LogP contribution is 2.41. The molecule has 0 spiro atoms. The second-order valence-electron chi connectivity index (χ2n) is 11.2. The van der Waals surface area contributed by atoms with Crippen molar-refractivity contribution in [1.29, 1.82) is 0 Å². The van der Waals surface area contributed by atoms with E-state index < -0.39 is 0 Å². The van der Waals surface area contributed by atoms with Gasteiger partial charge in [-0.15, -0.1) is 0 Å². The molecule has 2 N–H and O–H groups in total. The Morgan fingerprint density at radius 1 is 1.07 bits per heavy atom. The van der Waals surface area contributed by atoms with Crippen LogP contribution in [0.4, 0.5) is 28.6 Å². The average Bonchev–Trinajstić information content (AvgIpc) is 2.99. The number of aliphatic imine (C=N–C) groups is 1. The summed E-state index contributed by atoms with van der Waals surface area (Å²) >= 11 is 13.6. The van der Waals surface area contributed by atoms with E-state index in [0.717, 1.165) is 54.2 Å². The summed E-state index contributed by atoms with van der Waals surface area (Å²) in [5, 5.41) is 6.86. The largest absolute Gasteiger partial charge is 0.495 e. The van der Waals surface area contributed by atoms with E-state index in [9.17, 15) is 9.59 Å². The molecule has 3 aromatic rings. The third kappa shape index (κ3) is 7.09. The van der Waals surface area contributed by atoms with Crippen LogP contribution in [0.1, 0.15) is 42.0 Å². The molecule has 1 aliphatic heterocycles. The molecule has 12 heteroatoms. The SMILES string of the molecule is COc1cc(C(C)C)c(Cl)c(C(=Nc2cnc(Nc3c(C)cc(N4CCN(C)CC4)cc3NC=O)cc2C)N(C)C=O)c1Cl. The molecule has 0 unspecified atom stereocenters. The fraction of sp³-hybridized carbons (Fsp3) is 0.375. The number of halogens is 2. The van der Waals surface area contributed by atoms with Crippen LogP contribution in [0, 0.1) is 13.8 Å². The Labute approximate surface area is 269 Å². The minimum absolute atomic E-state index is 0.0710. The smallest absolute Gasteiger partial charge is 0.215 e. The Hall–Kier alpha value is -3.86. The van der Waals surface area contributed by atoms with E-state index in [1.165, 1.54) is 12.0 Å². The van der Waals surface area contributed by atoms with Gasteiger partial charge in [0.05, 0.1) is 46.0 Å². The van der Waals surface area contributed by atoms with Crippen molar-refractivity contribution in [2.45, 2.75) is 33.6 Å². The summed E-state index contributed by atoms with van der Waals surface area (Å²) in [7, 11) is 5.23. The van der Waals surface area contributed by atoms with Crippen LogP contribution in [0.5, 0.6) is 5.75 Å². The van der Waals surface area contributed by atoms with Crippen molar-refractivity contribution in [3.05, 3.63) is 62.8 Å². The van der Waals surface area contributed by atoms with Crippen molar-refractivity contribution in [3.8, 4) is 5.75 Å². The molecule has 1 aliphatic rings. The highest BCUT2D eigenvalue weighted by Gasteiger charge is 2.25. The molecule has 2 amide bonds. The van der Waals surface area contributed by atoms with Gasteiger partial charge in [-0.1, -0.05) is 37.0 Å². The number of methoxy groups -OCH3 is 1. The van der Waals surface area contributed by atoms with E-state index in [1.807, 2.05) is 39.8 Å². The van der Waals surface area contributed by atoms with E-state index in [2.05, 4.69) is 38.5 Å². The third-order valence-corrected chi connectivity index (χ3v) is 8.50. The first-order valence-electron chi connectivity index (χ1n) is 14.3. The van der Waals surface area contributed by atoms with Crippen LogP contribution in [0.3, 0.4) is 0 Å². The second kappa shape index (κ2) is 14.3. The molecule has 10 nitrogen and oxygen atoms in total. The standard InChI is InChI=1S/C32H39Cl2N7O3/c1-19(2)23-15-26(44-7)30(34)28(29(23)33)32(40(6)18-43)37-25-16-35-27(13-20(25)3)38-31-21(4)12-22(14-24(31)36-17-42)41-10-8-39(5)9-11-41/h12-19H,8-11H2,1-7H3,(H,35,38)(H,36,42). The van der Waals surface area contributed by atoms with Gasteiger partial charge in [0.25, 0.3) is 0 Å². The number of hydrogen-bond acceptors (Lipinski definition) is 8. The molecule has 44 heavy (non-hydrogen) atoms. The molecule has 1 fully saturated rings. The van der Waals surface area contributed by atoms with E-state index in [-0.39, 0.29) is 16.8 Å². The first-order valence-corrected chi connectivity index (χ1v) is 15.1. The van der Waals surface area contributed by atoms with Gasteiger partial charge in [0.1, 0.15) is 17.4 Å². The Balaban J connectivity index is 1.72. The lowest BCUT2D eigenvalue weighted by Gasteiger charge is -2.34. The molecular formula is C32H39Cl2N7O3. The summed E-state index contributed by atoms with van der Waals surface area (Å²) in [6.07, 6.45) is 2.94. The lowest BCUT2D eigenvalue weighted by molar-refractivity contribution is -0.114. The monoisotopic (exact) mass is 639 g/mol. The maximum Gasteiger partial charge on any atom is 0.215 e. The van der Waals surface area contributed by atoms with Gasteiger partial charge in [-0.05, 0) is 67.8 Å². The lowest BCUT2D eigenvalue weighted by atomic mass is 9.99. The van der Waals surface area contributed by atoms with Gasteiger partial charge in [-0.3, -0.25) is 9.59 Å². The number of carbonyl (C=O) groups is 2. The molecular weight excluding hydrogens is 601 g/mol. The summed E-state index contributed by atoms with van der Waals surface area (Å²) in [6, 6.07) is 7.75. The number of ether oxygens (including phenoxy) is 1. The number of aromatic nitrogens is 1. The Bertz CT molecular complexity index is 1570. The average molecular weight is 641 g/mol. The van der Waals surface area contributed by atoms with Crippen LogP contribution in [0.2, 0.25) is 10.0 Å². The summed E-state index contributed by atoms with van der Waals surface area (Å²) in [6.45, 7) is 11.7.